The molecule has 129 heavy (non-hydrogen) atoms. The van der Waals surface area contributed by atoms with Crippen molar-refractivity contribution in [2.24, 2.45) is 0 Å². The van der Waals surface area contributed by atoms with E-state index >= 15 is 15.3 Å². The van der Waals surface area contributed by atoms with Crippen molar-refractivity contribution in [1.29, 1.82) is 0 Å². The number of alkyl halides is 7. The van der Waals surface area contributed by atoms with Crippen molar-refractivity contribution < 1.29 is 130 Å². The van der Waals surface area contributed by atoms with Crippen LogP contribution in [-0.2, 0) is 110 Å². The van der Waals surface area contributed by atoms with Crippen LogP contribution in [0.25, 0.3) is 67.2 Å². The number of hydrogen-bond donors (Lipinski definition) is 0. The van der Waals surface area contributed by atoms with Crippen LogP contribution >= 0.6 is 46.4 Å². The van der Waals surface area contributed by atoms with Gasteiger partial charge < -0.3 is 70.5 Å². The van der Waals surface area contributed by atoms with Crippen molar-refractivity contribution in [2.45, 2.75) is 50.0 Å². The van der Waals surface area contributed by atoms with Crippen LogP contribution in [0.4, 0.5) is 13.2 Å². The molecule has 0 fully saturated rings. The zero-order chi connectivity index (χ0) is 89.1. The van der Waals surface area contributed by atoms with Gasteiger partial charge in [-0.05, 0) is 185 Å². The van der Waals surface area contributed by atoms with Gasteiger partial charge in [-0.3, -0.25) is 29.9 Å². The Bertz CT molecular complexity index is 5250. The molecule has 0 saturated heterocycles. The first-order chi connectivity index (χ1) is 60.1. The minimum absolute atomic E-state index is 0. The molecule has 0 aliphatic rings. The molecule has 0 saturated carbocycles. The fraction of sp³-hybridized carbons (Fsp3) is 0.147. The van der Waals surface area contributed by atoms with Gasteiger partial charge in [0, 0.05) is 133 Å². The van der Waals surface area contributed by atoms with E-state index < -0.39 is 32.4 Å². The molecule has 16 aromatic rings. The Morgan fingerprint density at radius 1 is 0.326 bits per heavy atom. The maximum Gasteiger partial charge on any atom is 3.00 e. The van der Waals surface area contributed by atoms with Crippen LogP contribution in [-0.4, -0.2) is 101 Å². The fourth-order valence-electron chi connectivity index (χ4n) is 12.3. The van der Waals surface area contributed by atoms with Gasteiger partial charge in [0.1, 0.15) is 0 Å². The number of pyridine rings is 6. The zero-order valence-electron chi connectivity index (χ0n) is 69.2. The molecule has 0 aliphatic carbocycles. The summed E-state index contributed by atoms with van der Waals surface area (Å²) >= 11 is 19.1. The van der Waals surface area contributed by atoms with Gasteiger partial charge in [-0.1, -0.05) is 212 Å². The van der Waals surface area contributed by atoms with Gasteiger partial charge in [-0.15, -0.1) is 69.2 Å². The maximum atomic E-state index is 16.0. The van der Waals surface area contributed by atoms with E-state index in [1.807, 2.05) is 198 Å². The predicted molar refractivity (Wildman–Crippen MR) is 470 cm³/mol. The van der Waals surface area contributed by atoms with Crippen molar-refractivity contribution in [3.63, 3.8) is 0 Å². The largest absolute Gasteiger partial charge is 3.00 e. The minimum atomic E-state index is -6.09. The summed E-state index contributed by atoms with van der Waals surface area (Å²) in [5, 5.41) is 82.4. The van der Waals surface area contributed by atoms with Crippen molar-refractivity contribution in [1.82, 2.24) is 60.5 Å². The summed E-state index contributed by atoms with van der Waals surface area (Å²) in [5.41, 5.74) is 0.128. The molecule has 0 aliphatic heterocycles. The Kier molecular flexibility index (Phi) is 51.6. The summed E-state index contributed by atoms with van der Waals surface area (Å²) in [5.74, 6) is -0.0157. The van der Waals surface area contributed by atoms with Gasteiger partial charge in [0.05, 0.1) is 10.7 Å². The zero-order valence-corrected chi connectivity index (χ0v) is 77.5. The number of ether oxygens (including phenoxy) is 2. The summed E-state index contributed by atoms with van der Waals surface area (Å²) in [7, 11) is -6.09. The van der Waals surface area contributed by atoms with Gasteiger partial charge >= 0.3 is 73.8 Å². The first kappa shape index (κ1) is 113. The predicted octanol–water partition coefficient (Wildman–Crippen LogP) is 17.1. The molecule has 9 heterocycles. The first-order valence-electron chi connectivity index (χ1n) is 38.3. The van der Waals surface area contributed by atoms with Gasteiger partial charge in [0.2, 0.25) is 0 Å². The van der Waals surface area contributed by atoms with Crippen molar-refractivity contribution in [2.75, 3.05) is 37.1 Å². The number of nitrogens with zero attached hydrogens (tertiary/aromatic N) is 12. The molecule has 0 bridgehead atoms. The molecule has 7 aromatic carbocycles. The van der Waals surface area contributed by atoms with E-state index in [-0.39, 0.29) is 124 Å². The molecule has 9 aromatic heterocycles. The normalized spacial score (nSPS) is 10.5. The Morgan fingerprint density at radius 3 is 0.744 bits per heavy atom. The number of aromatic nitrogens is 12. The third kappa shape index (κ3) is 32.0. The van der Waals surface area contributed by atoms with E-state index in [4.69, 9.17) is 68.8 Å². The second-order valence-electron chi connectivity index (χ2n) is 25.4. The van der Waals surface area contributed by atoms with E-state index in [0.717, 1.165) is 48.9 Å². The van der Waals surface area contributed by atoms with E-state index in [2.05, 4.69) is 60.5 Å². The molecule has 0 spiro atoms. The number of hydrogen-bond acceptors (Lipinski definition) is 18. The second kappa shape index (κ2) is 59.0. The van der Waals surface area contributed by atoms with E-state index in [1.165, 1.54) is 6.07 Å². The molecular weight excluding hydrogens is 1920 g/mol. The van der Waals surface area contributed by atoms with E-state index in [9.17, 15) is 18.3 Å². The van der Waals surface area contributed by atoms with Gasteiger partial charge in [-0.25, -0.2) is 8.42 Å². The fourth-order valence-corrected chi connectivity index (χ4v) is 12.3. The summed E-state index contributed by atoms with van der Waals surface area (Å²) < 4.78 is 68.6. The maximum absolute atomic E-state index is 16.0. The Morgan fingerprint density at radius 2 is 0.543 bits per heavy atom. The van der Waals surface area contributed by atoms with Crippen LogP contribution in [0.2, 0.25) is 0 Å². The van der Waals surface area contributed by atoms with E-state index in [0.29, 0.717) is 61.3 Å². The average Bonchev–Trinajstić information content (AvgIpc) is 0.942. The Hall–Kier alpha value is -10.4. The number of benzene rings is 7. The van der Waals surface area contributed by atoms with Crippen molar-refractivity contribution in [3.05, 3.63) is 410 Å². The molecule has 0 amide bonds. The average molecular weight is 2010 g/mol. The molecule has 16 rings (SSSR count). The van der Waals surface area contributed by atoms with Crippen LogP contribution < -0.4 is 35.7 Å². The summed E-state index contributed by atoms with van der Waals surface area (Å²) in [4.78, 5) is 27.7. The summed E-state index contributed by atoms with van der Waals surface area (Å²) in [6.07, 6.45) is 14.6. The standard InChI is InChI=1S/C57H39N6O3.C9H7N2O.2C9H7N2.2C4H10O.2CH2Cl2.CHF3O3S.4Fe.O/c64-55(49-25-7-13-31-58-49,50-26-8-14-32-59-50)46-22-4-1-19-43(46)40-37-41(44-20-2-5-23-47(44)56(65,51-27-9-15-33-60-51)52-28-10-16-34-61-52)39-42(38-40)45-21-3-6-24-48(45)57(66,53-29-11-17-35-62-53)54-30-12-18-36-63-54;12-9-4-2-1-3-7(9)8-5-6-10-11-8;2*1-2-4-8(5-3-1)9-6-7-10-11-9;2*1-3-5-4-2;2*2-1-3;2-1(3,4)8(5,6)7;;;;;/h1-39H;1-6H,(H-,10,11,12);2*1-7H;2*3-4H2,1-2H3;2*1H2;(H,5,6,7);;;;;/q-3;3*-1;;;;;;2*+2;2*+3;-2/p-2. The van der Waals surface area contributed by atoms with Crippen LogP contribution in [0.3, 0.4) is 0 Å². The molecule has 34 heteroatoms. The summed E-state index contributed by atoms with van der Waals surface area (Å²) in [6, 6.07) is 92.4. The van der Waals surface area contributed by atoms with Crippen LogP contribution in [0.15, 0.2) is 359 Å². The molecule has 0 N–H and O–H groups in total. The SMILES string of the molecule is CCOCC.CCOCC.ClCCl.ClCCl.O=S(=O)([O-])C(F)(F)F.[Fe+2].[Fe+2].[Fe+3].[Fe+3].[O-2].[O-]C(c1ccccn1)(c1ccccn1)c1ccccc1-c1cc(-c2ccccc2C([O-])(c2ccccn2)c2ccccn2)cc(-c2ccccc2C([O-])(c2ccccn2)c2ccccn2)c1.[O-]c1ccccc1-c1ccn[n-]1.c1ccc(-c2ccn[n-]2)cc1.c1ccc(-c2ccn[n-]2)cc1. The number of para-hydroxylation sites is 1. The van der Waals surface area contributed by atoms with Crippen molar-refractivity contribution >= 4 is 56.5 Å². The molecule has 0 atom stereocenters. The van der Waals surface area contributed by atoms with Gasteiger partial charge in [0.15, 0.2) is 10.1 Å². The van der Waals surface area contributed by atoms with Crippen LogP contribution in [0.5, 0.6) is 5.75 Å². The van der Waals surface area contributed by atoms with E-state index in [1.54, 1.807) is 183 Å². The molecule has 670 valence electrons. The Labute approximate surface area is 810 Å². The molecule has 0 unspecified atom stereocenters. The number of halogens is 7. The van der Waals surface area contributed by atoms with Crippen LogP contribution in [0, 0.1) is 0 Å². The third-order valence-corrected chi connectivity index (χ3v) is 18.3. The number of rotatable bonds is 19. The second-order valence-corrected chi connectivity index (χ2v) is 28.4. The summed E-state index contributed by atoms with van der Waals surface area (Å²) in [6.45, 7) is 11.3. The first-order valence-corrected chi connectivity index (χ1v) is 41.8. The van der Waals surface area contributed by atoms with Crippen LogP contribution in [0.1, 0.15) is 78.5 Å². The molecule has 2 radical (unpaired) electrons. The quantitative estimate of drug-likeness (QED) is 0.0314. The smallest absolute Gasteiger partial charge is 2.00 e. The van der Waals surface area contributed by atoms with Gasteiger partial charge in [-0.2, -0.15) is 13.2 Å². The molecule has 22 nitrogen and oxygen atoms in total. The topological polar surface area (TPSA) is 355 Å². The monoisotopic (exact) mass is 2000 g/mol. The minimum Gasteiger partial charge on any atom is -2.00 e. The van der Waals surface area contributed by atoms with Gasteiger partial charge in [0.25, 0.3) is 0 Å². The molecular formula is C95H83Cl4F3Fe4N12O10S. The van der Waals surface area contributed by atoms with Crippen molar-refractivity contribution in [3.8, 4) is 72.9 Å². The third-order valence-electron chi connectivity index (χ3n) is 17.7. The Balaban J connectivity index is 0.000000543.